The molecule has 0 N–H and O–H groups in total. The highest BCUT2D eigenvalue weighted by Crippen LogP contribution is 2.22. The van der Waals surface area contributed by atoms with Crippen molar-refractivity contribution in [3.8, 4) is 11.9 Å². The fraction of sp³-hybridized carbons (Fsp3) is 0.250. The maximum absolute atomic E-state index is 8.67. The van der Waals surface area contributed by atoms with Gasteiger partial charge in [-0.2, -0.15) is 5.26 Å². The van der Waals surface area contributed by atoms with E-state index in [0.29, 0.717) is 11.4 Å². The number of rotatable bonds is 1. The third-order valence-corrected chi connectivity index (χ3v) is 2.23. The van der Waals surface area contributed by atoms with Crippen LogP contribution in [0.25, 0.3) is 0 Å². The summed E-state index contributed by atoms with van der Waals surface area (Å²) in [6.45, 7) is 1.84. The molecule has 1 aromatic heterocycles. The predicted octanol–water partition coefficient (Wildman–Crippen LogP) is 2.03. The van der Waals surface area contributed by atoms with E-state index in [1.165, 1.54) is 7.11 Å². The zero-order valence-corrected chi connectivity index (χ0v) is 8.34. The van der Waals surface area contributed by atoms with Crippen LogP contribution in [-0.4, -0.2) is 12.1 Å². The Bertz CT molecular complexity index is 344. The van der Waals surface area contributed by atoms with Crippen molar-refractivity contribution in [2.45, 2.75) is 6.92 Å². The Morgan fingerprint density at radius 2 is 2.33 bits per heavy atom. The van der Waals surface area contributed by atoms with E-state index in [9.17, 15) is 0 Å². The fourth-order valence-electron chi connectivity index (χ4n) is 0.795. The molecule has 1 rings (SSSR count). The van der Waals surface area contributed by atoms with Crippen molar-refractivity contribution in [1.29, 1.82) is 5.26 Å². The molecule has 0 saturated heterocycles. The minimum absolute atomic E-state index is 0.373. The molecule has 0 spiro atoms. The zero-order valence-electron chi connectivity index (χ0n) is 6.76. The Hall–Kier alpha value is -1.08. The van der Waals surface area contributed by atoms with Gasteiger partial charge < -0.3 is 4.74 Å². The summed E-state index contributed by atoms with van der Waals surface area (Å²) >= 11 is 3.28. The standard InChI is InChI=1S/C8H7BrN2O/c1-5-7(9)3-6(4-10)8(11-5)12-2/h3H,1-2H3. The van der Waals surface area contributed by atoms with E-state index in [1.807, 2.05) is 13.0 Å². The molecule has 4 heteroatoms. The lowest BCUT2D eigenvalue weighted by atomic mass is 10.2. The SMILES string of the molecule is COc1nc(C)c(Br)cc1C#N. The van der Waals surface area contributed by atoms with Crippen LogP contribution in [0.4, 0.5) is 0 Å². The summed E-state index contributed by atoms with van der Waals surface area (Å²) in [5.41, 5.74) is 1.25. The minimum Gasteiger partial charge on any atom is -0.480 e. The molecule has 62 valence electrons. The van der Waals surface area contributed by atoms with Crippen LogP contribution in [0.3, 0.4) is 0 Å². The first-order valence-corrected chi connectivity index (χ1v) is 4.09. The van der Waals surface area contributed by atoms with E-state index in [0.717, 1.165) is 10.2 Å². The molecule has 0 fully saturated rings. The van der Waals surface area contributed by atoms with Gasteiger partial charge in [-0.05, 0) is 28.9 Å². The van der Waals surface area contributed by atoms with E-state index >= 15 is 0 Å². The van der Waals surface area contributed by atoms with E-state index in [4.69, 9.17) is 10.00 Å². The topological polar surface area (TPSA) is 45.9 Å². The first-order valence-electron chi connectivity index (χ1n) is 3.30. The van der Waals surface area contributed by atoms with Gasteiger partial charge in [-0.25, -0.2) is 4.98 Å². The van der Waals surface area contributed by atoms with Crippen molar-refractivity contribution in [3.63, 3.8) is 0 Å². The summed E-state index contributed by atoms with van der Waals surface area (Å²) in [7, 11) is 1.50. The lowest BCUT2D eigenvalue weighted by Crippen LogP contribution is -1.94. The summed E-state index contributed by atoms with van der Waals surface area (Å²) in [5, 5.41) is 8.67. The van der Waals surface area contributed by atoms with Crippen molar-refractivity contribution < 1.29 is 4.74 Å². The highest BCUT2D eigenvalue weighted by molar-refractivity contribution is 9.10. The summed E-state index contributed by atoms with van der Waals surface area (Å²) in [4.78, 5) is 4.07. The average Bonchev–Trinajstić information content (AvgIpc) is 2.09. The van der Waals surface area contributed by atoms with Crippen molar-refractivity contribution in [3.05, 3.63) is 21.8 Å². The first-order chi connectivity index (χ1) is 5.69. The van der Waals surface area contributed by atoms with E-state index < -0.39 is 0 Å². The number of hydrogen-bond donors (Lipinski definition) is 0. The monoisotopic (exact) mass is 226 g/mol. The molecule has 0 radical (unpaired) electrons. The number of hydrogen-bond acceptors (Lipinski definition) is 3. The molecule has 1 heterocycles. The predicted molar refractivity (Wildman–Crippen MR) is 47.9 cm³/mol. The number of methoxy groups -OCH3 is 1. The van der Waals surface area contributed by atoms with Crippen LogP contribution in [-0.2, 0) is 0 Å². The van der Waals surface area contributed by atoms with Gasteiger partial charge in [0, 0.05) is 4.47 Å². The molecule has 0 bridgehead atoms. The van der Waals surface area contributed by atoms with Crippen LogP contribution in [0.15, 0.2) is 10.5 Å². The summed E-state index contributed by atoms with van der Waals surface area (Å²) in [6.07, 6.45) is 0. The molecular formula is C8H7BrN2O. The molecule has 0 saturated carbocycles. The van der Waals surface area contributed by atoms with Gasteiger partial charge in [0.25, 0.3) is 0 Å². The Labute approximate surface area is 79.1 Å². The highest BCUT2D eigenvalue weighted by Gasteiger charge is 2.06. The molecule has 3 nitrogen and oxygen atoms in total. The third kappa shape index (κ3) is 1.56. The number of pyridine rings is 1. The van der Waals surface area contributed by atoms with Crippen molar-refractivity contribution in [1.82, 2.24) is 4.98 Å². The van der Waals surface area contributed by atoms with Crippen LogP contribution in [0.1, 0.15) is 11.3 Å². The maximum Gasteiger partial charge on any atom is 0.231 e. The Kier molecular flexibility index (Phi) is 2.66. The summed E-state index contributed by atoms with van der Waals surface area (Å²) in [5.74, 6) is 0.373. The fourth-order valence-corrected chi connectivity index (χ4v) is 1.11. The smallest absolute Gasteiger partial charge is 0.231 e. The molecule has 0 unspecified atom stereocenters. The van der Waals surface area contributed by atoms with Crippen LogP contribution >= 0.6 is 15.9 Å². The first kappa shape index (κ1) is 9.01. The Morgan fingerprint density at radius 3 is 2.83 bits per heavy atom. The van der Waals surface area contributed by atoms with Gasteiger partial charge in [-0.3, -0.25) is 0 Å². The molecule has 0 aliphatic rings. The number of ether oxygens (including phenoxy) is 1. The van der Waals surface area contributed by atoms with E-state index in [2.05, 4.69) is 20.9 Å². The number of nitriles is 1. The molecule has 12 heavy (non-hydrogen) atoms. The zero-order chi connectivity index (χ0) is 9.14. The highest BCUT2D eigenvalue weighted by atomic mass is 79.9. The Balaban J connectivity index is 3.31. The average molecular weight is 227 g/mol. The molecular weight excluding hydrogens is 220 g/mol. The van der Waals surface area contributed by atoms with Crippen LogP contribution < -0.4 is 4.74 Å². The molecule has 0 aliphatic carbocycles. The van der Waals surface area contributed by atoms with Gasteiger partial charge in [0.2, 0.25) is 5.88 Å². The number of nitrogens with zero attached hydrogens (tertiary/aromatic N) is 2. The second-order valence-corrected chi connectivity index (χ2v) is 3.08. The minimum atomic E-state index is 0.373. The van der Waals surface area contributed by atoms with Crippen LogP contribution in [0.5, 0.6) is 5.88 Å². The van der Waals surface area contributed by atoms with Crippen LogP contribution in [0.2, 0.25) is 0 Å². The van der Waals surface area contributed by atoms with Crippen LogP contribution in [0, 0.1) is 18.3 Å². The maximum atomic E-state index is 8.67. The third-order valence-electron chi connectivity index (χ3n) is 1.43. The lowest BCUT2D eigenvalue weighted by Gasteiger charge is -2.03. The molecule has 0 amide bonds. The molecule has 1 aromatic rings. The number of aromatic nitrogens is 1. The lowest BCUT2D eigenvalue weighted by molar-refractivity contribution is 0.395. The number of halogens is 1. The second kappa shape index (κ2) is 3.55. The molecule has 0 atom stereocenters. The normalized spacial score (nSPS) is 9.17. The van der Waals surface area contributed by atoms with E-state index in [1.54, 1.807) is 6.07 Å². The molecule has 0 aliphatic heterocycles. The van der Waals surface area contributed by atoms with Crippen molar-refractivity contribution in [2.75, 3.05) is 7.11 Å². The van der Waals surface area contributed by atoms with Gasteiger partial charge in [-0.1, -0.05) is 0 Å². The largest absolute Gasteiger partial charge is 0.480 e. The van der Waals surface area contributed by atoms with Gasteiger partial charge in [0.1, 0.15) is 11.6 Å². The summed E-state index contributed by atoms with van der Waals surface area (Å²) < 4.78 is 5.74. The van der Waals surface area contributed by atoms with Gasteiger partial charge in [0.15, 0.2) is 0 Å². The quantitative estimate of drug-likeness (QED) is 0.737. The second-order valence-electron chi connectivity index (χ2n) is 2.22. The Morgan fingerprint density at radius 1 is 1.67 bits per heavy atom. The van der Waals surface area contributed by atoms with Gasteiger partial charge >= 0.3 is 0 Å². The number of aryl methyl sites for hydroxylation is 1. The van der Waals surface area contributed by atoms with Gasteiger partial charge in [0.05, 0.1) is 12.8 Å². The van der Waals surface area contributed by atoms with Crippen molar-refractivity contribution >= 4 is 15.9 Å². The van der Waals surface area contributed by atoms with Crippen molar-refractivity contribution in [2.24, 2.45) is 0 Å². The molecule has 0 aromatic carbocycles. The summed E-state index contributed by atoms with van der Waals surface area (Å²) in [6, 6.07) is 3.69. The van der Waals surface area contributed by atoms with Gasteiger partial charge in [-0.15, -0.1) is 0 Å². The van der Waals surface area contributed by atoms with E-state index in [-0.39, 0.29) is 0 Å².